The molecule has 0 aliphatic carbocycles. The number of carbonyl (C=O) groups is 2. The molecule has 0 unspecified atom stereocenters. The van der Waals surface area contributed by atoms with Crippen molar-refractivity contribution in [2.24, 2.45) is 0 Å². The average molecular weight is 574 g/mol. The van der Waals surface area contributed by atoms with E-state index in [1.807, 2.05) is 6.92 Å². The number of amides is 2. The molecule has 0 saturated carbocycles. The first-order chi connectivity index (χ1) is 18.5. The van der Waals surface area contributed by atoms with Crippen molar-refractivity contribution in [3.05, 3.63) is 82.9 Å². The van der Waals surface area contributed by atoms with E-state index >= 15 is 0 Å². The lowest BCUT2D eigenvalue weighted by molar-refractivity contribution is -0.139. The number of likely N-dealkylation sites (N-methyl/N-ethyl adjacent to an activating group) is 1. The van der Waals surface area contributed by atoms with Gasteiger partial charge in [0.05, 0.1) is 29.8 Å². The first-order valence-corrected chi connectivity index (χ1v) is 13.9. The number of sulfonamides is 1. The number of nitrogens with zero attached hydrogens (tertiary/aromatic N) is 2. The van der Waals surface area contributed by atoms with Gasteiger partial charge in [0.25, 0.3) is 10.0 Å². The third-order valence-electron chi connectivity index (χ3n) is 6.24. The van der Waals surface area contributed by atoms with Crippen molar-refractivity contribution >= 4 is 39.1 Å². The maximum Gasteiger partial charge on any atom is 0.264 e. The highest BCUT2D eigenvalue weighted by molar-refractivity contribution is 7.92. The van der Waals surface area contributed by atoms with Crippen LogP contribution in [0.5, 0.6) is 11.5 Å². The summed E-state index contributed by atoms with van der Waals surface area (Å²) in [6.45, 7) is 2.93. The number of rotatable bonds is 11. The minimum atomic E-state index is -4.20. The first-order valence-electron chi connectivity index (χ1n) is 12.1. The number of aryl methyl sites for hydroxylation is 1. The Morgan fingerprint density at radius 2 is 1.62 bits per heavy atom. The Balaban J connectivity index is 2.05. The van der Waals surface area contributed by atoms with Crippen molar-refractivity contribution in [2.45, 2.75) is 31.3 Å². The molecule has 11 heteroatoms. The fourth-order valence-corrected chi connectivity index (χ4v) is 5.55. The van der Waals surface area contributed by atoms with E-state index in [9.17, 15) is 18.0 Å². The van der Waals surface area contributed by atoms with Crippen LogP contribution in [-0.4, -0.2) is 59.0 Å². The fraction of sp³-hybridized carbons (Fsp3) is 0.286. The van der Waals surface area contributed by atoms with Crippen LogP contribution in [0.3, 0.4) is 0 Å². The number of methoxy groups -OCH3 is 2. The molecule has 1 atom stereocenters. The smallest absolute Gasteiger partial charge is 0.264 e. The molecule has 0 aromatic heterocycles. The van der Waals surface area contributed by atoms with Gasteiger partial charge in [-0.1, -0.05) is 41.4 Å². The quantitative estimate of drug-likeness (QED) is 0.371. The Labute approximate surface area is 234 Å². The third-order valence-corrected chi connectivity index (χ3v) is 8.32. The Kier molecular flexibility index (Phi) is 9.82. The highest BCUT2D eigenvalue weighted by Gasteiger charge is 2.32. The summed E-state index contributed by atoms with van der Waals surface area (Å²) in [5.41, 5.74) is 1.79. The number of halogens is 1. The standard InChI is InChI=1S/C28H32ClN3O6S/c1-19-6-13-24(14-7-19)39(35,36)32(22-10-15-26(38-5)25(29)16-22)18-27(33)31(20(2)28(34)30-3)17-21-8-11-23(37-4)12-9-21/h6-16,20H,17-18H2,1-5H3,(H,30,34)/t20-/m0/s1. The molecule has 0 aliphatic heterocycles. The molecule has 3 aromatic rings. The van der Waals surface area contributed by atoms with Crippen LogP contribution < -0.4 is 19.1 Å². The van der Waals surface area contributed by atoms with E-state index < -0.39 is 34.4 Å². The summed E-state index contributed by atoms with van der Waals surface area (Å²) in [7, 11) is 0.270. The molecular formula is C28H32ClN3O6S. The summed E-state index contributed by atoms with van der Waals surface area (Å²) >= 11 is 6.33. The minimum absolute atomic E-state index is 0.00824. The van der Waals surface area contributed by atoms with E-state index in [1.165, 1.54) is 49.4 Å². The van der Waals surface area contributed by atoms with Gasteiger partial charge < -0.3 is 19.7 Å². The average Bonchev–Trinajstić information content (AvgIpc) is 2.94. The monoisotopic (exact) mass is 573 g/mol. The van der Waals surface area contributed by atoms with Gasteiger partial charge in [0, 0.05) is 13.6 Å². The van der Waals surface area contributed by atoms with Gasteiger partial charge in [-0.15, -0.1) is 0 Å². The van der Waals surface area contributed by atoms with Crippen LogP contribution in [0, 0.1) is 6.92 Å². The molecule has 0 aliphatic rings. The molecule has 208 valence electrons. The Morgan fingerprint density at radius 3 is 2.15 bits per heavy atom. The lowest BCUT2D eigenvalue weighted by atomic mass is 10.1. The Morgan fingerprint density at radius 1 is 0.974 bits per heavy atom. The van der Waals surface area contributed by atoms with Crippen molar-refractivity contribution in [2.75, 3.05) is 32.1 Å². The fourth-order valence-electron chi connectivity index (χ4n) is 3.90. The van der Waals surface area contributed by atoms with Gasteiger partial charge in [-0.25, -0.2) is 8.42 Å². The summed E-state index contributed by atoms with van der Waals surface area (Å²) < 4.78 is 39.1. The molecule has 0 radical (unpaired) electrons. The molecule has 39 heavy (non-hydrogen) atoms. The van der Waals surface area contributed by atoms with Crippen LogP contribution in [-0.2, 0) is 26.2 Å². The van der Waals surface area contributed by atoms with Gasteiger partial charge in [-0.3, -0.25) is 13.9 Å². The molecule has 9 nitrogen and oxygen atoms in total. The lowest BCUT2D eigenvalue weighted by Gasteiger charge is -2.32. The van der Waals surface area contributed by atoms with E-state index in [1.54, 1.807) is 50.4 Å². The van der Waals surface area contributed by atoms with Gasteiger partial charge in [0.1, 0.15) is 24.1 Å². The zero-order valence-corrected chi connectivity index (χ0v) is 24.0. The molecular weight excluding hydrogens is 542 g/mol. The normalized spacial score (nSPS) is 11.8. The number of anilines is 1. The first kappa shape index (κ1) is 29.8. The van der Waals surface area contributed by atoms with Gasteiger partial charge in [0.2, 0.25) is 11.8 Å². The van der Waals surface area contributed by atoms with E-state index in [0.717, 1.165) is 15.4 Å². The van der Waals surface area contributed by atoms with Gasteiger partial charge in [-0.05, 0) is 61.9 Å². The van der Waals surface area contributed by atoms with Crippen molar-refractivity contribution < 1.29 is 27.5 Å². The molecule has 0 bridgehead atoms. The van der Waals surface area contributed by atoms with Crippen molar-refractivity contribution in [1.82, 2.24) is 10.2 Å². The summed E-state index contributed by atoms with van der Waals surface area (Å²) in [4.78, 5) is 27.7. The second-order valence-electron chi connectivity index (χ2n) is 8.80. The third kappa shape index (κ3) is 7.01. The number of nitrogens with one attached hydrogen (secondary N) is 1. The van der Waals surface area contributed by atoms with Crippen molar-refractivity contribution in [3.8, 4) is 11.5 Å². The predicted octanol–water partition coefficient (Wildman–Crippen LogP) is 4.02. The van der Waals surface area contributed by atoms with Crippen LogP contribution in [0.25, 0.3) is 0 Å². The van der Waals surface area contributed by atoms with Gasteiger partial charge >= 0.3 is 0 Å². The molecule has 1 N–H and O–H groups in total. The second kappa shape index (κ2) is 12.9. The topological polar surface area (TPSA) is 105 Å². The van der Waals surface area contributed by atoms with Crippen LogP contribution in [0.15, 0.2) is 71.6 Å². The summed E-state index contributed by atoms with van der Waals surface area (Å²) in [5, 5.41) is 2.74. The molecule has 2 amide bonds. The Hall–Kier alpha value is -3.76. The number of hydrogen-bond acceptors (Lipinski definition) is 6. The molecule has 0 fully saturated rings. The number of carbonyl (C=O) groups excluding carboxylic acids is 2. The van der Waals surface area contributed by atoms with E-state index in [0.29, 0.717) is 11.5 Å². The number of benzene rings is 3. The summed E-state index contributed by atoms with van der Waals surface area (Å²) in [6, 6.07) is 17.0. The molecule has 0 heterocycles. The predicted molar refractivity (Wildman–Crippen MR) is 151 cm³/mol. The van der Waals surface area contributed by atoms with E-state index in [2.05, 4.69) is 5.32 Å². The SMILES string of the molecule is CNC(=O)[C@H](C)N(Cc1ccc(OC)cc1)C(=O)CN(c1ccc(OC)c(Cl)c1)S(=O)(=O)c1ccc(C)cc1. The van der Waals surface area contributed by atoms with Crippen molar-refractivity contribution in [1.29, 1.82) is 0 Å². The summed E-state index contributed by atoms with van der Waals surface area (Å²) in [5.74, 6) is 0.0263. The Bertz CT molecular complexity index is 1410. The van der Waals surface area contributed by atoms with E-state index in [-0.39, 0.29) is 22.2 Å². The molecule has 3 aromatic carbocycles. The summed E-state index contributed by atoms with van der Waals surface area (Å²) in [6.07, 6.45) is 0. The van der Waals surface area contributed by atoms with Crippen LogP contribution >= 0.6 is 11.6 Å². The highest BCUT2D eigenvalue weighted by Crippen LogP contribution is 2.32. The van der Waals surface area contributed by atoms with Crippen LogP contribution in [0.4, 0.5) is 5.69 Å². The van der Waals surface area contributed by atoms with Crippen LogP contribution in [0.1, 0.15) is 18.1 Å². The minimum Gasteiger partial charge on any atom is -0.497 e. The second-order valence-corrected chi connectivity index (χ2v) is 11.1. The highest BCUT2D eigenvalue weighted by atomic mass is 35.5. The van der Waals surface area contributed by atoms with E-state index in [4.69, 9.17) is 21.1 Å². The van der Waals surface area contributed by atoms with Gasteiger partial charge in [-0.2, -0.15) is 0 Å². The maximum absolute atomic E-state index is 13.8. The number of ether oxygens (including phenoxy) is 2. The maximum atomic E-state index is 13.8. The molecule has 3 rings (SSSR count). The number of hydrogen-bond donors (Lipinski definition) is 1. The zero-order valence-electron chi connectivity index (χ0n) is 22.5. The van der Waals surface area contributed by atoms with Crippen molar-refractivity contribution in [3.63, 3.8) is 0 Å². The lowest BCUT2D eigenvalue weighted by Crippen LogP contribution is -2.50. The molecule has 0 spiro atoms. The zero-order chi connectivity index (χ0) is 28.7. The molecule has 0 saturated heterocycles. The largest absolute Gasteiger partial charge is 0.497 e. The van der Waals surface area contributed by atoms with Crippen LogP contribution in [0.2, 0.25) is 5.02 Å². The van der Waals surface area contributed by atoms with Gasteiger partial charge in [0.15, 0.2) is 0 Å².